The summed E-state index contributed by atoms with van der Waals surface area (Å²) in [6.07, 6.45) is 57.9. The lowest BCUT2D eigenvalue weighted by Crippen LogP contribution is -2.66. The highest BCUT2D eigenvalue weighted by molar-refractivity contribution is 5.76. The van der Waals surface area contributed by atoms with E-state index in [1.807, 2.05) is 6.08 Å². The van der Waals surface area contributed by atoms with Gasteiger partial charge in [0.25, 0.3) is 0 Å². The number of allylic oxidation sites excluding steroid dienone is 3. The third-order valence-corrected chi connectivity index (χ3v) is 22.5. The van der Waals surface area contributed by atoms with Gasteiger partial charge in [0, 0.05) is 6.42 Å². The van der Waals surface area contributed by atoms with Crippen LogP contribution in [0.25, 0.3) is 0 Å². The first-order valence-electron chi connectivity index (χ1n) is 44.6. The predicted octanol–water partition coefficient (Wildman–Crippen LogP) is 16.5. The van der Waals surface area contributed by atoms with Gasteiger partial charge >= 0.3 is 0 Å². The first-order chi connectivity index (χ1) is 51.8. The molecule has 0 aromatic carbocycles. The average molecular weight is 1510 g/mol. The molecule has 19 heteroatoms. The Labute approximate surface area is 645 Å². The number of carbonyl (C=O) groups is 1. The molecule has 0 aliphatic carbocycles. The second kappa shape index (κ2) is 67.7. The lowest BCUT2D eigenvalue weighted by atomic mass is 9.96. The van der Waals surface area contributed by atoms with Crippen LogP contribution in [0.15, 0.2) is 24.3 Å². The number of nitrogens with one attached hydrogen (secondary N) is 1. The normalized spacial score (nSPS) is 25.7. The molecule has 0 aromatic rings. The second-order valence-electron chi connectivity index (χ2n) is 32.1. The molecule has 17 atom stereocenters. The molecule has 12 N–H and O–H groups in total. The summed E-state index contributed by atoms with van der Waals surface area (Å²) in [4.78, 5) is 13.5. The van der Waals surface area contributed by atoms with Gasteiger partial charge in [-0.15, -0.1) is 0 Å². The van der Waals surface area contributed by atoms with Crippen molar-refractivity contribution < 1.29 is 89.4 Å². The molecule has 3 heterocycles. The van der Waals surface area contributed by atoms with Crippen molar-refractivity contribution in [2.24, 2.45) is 0 Å². The van der Waals surface area contributed by atoms with E-state index in [4.69, 9.17) is 28.4 Å². The summed E-state index contributed by atoms with van der Waals surface area (Å²) in [7, 11) is 0. The number of aliphatic hydroxyl groups is 11. The zero-order chi connectivity index (χ0) is 76.7. The molecular weight excluding hydrogens is 1350 g/mol. The van der Waals surface area contributed by atoms with Gasteiger partial charge in [-0.2, -0.15) is 0 Å². The van der Waals surface area contributed by atoms with Crippen LogP contribution in [0.1, 0.15) is 393 Å². The Kier molecular flexibility index (Phi) is 62.9. The summed E-state index contributed by atoms with van der Waals surface area (Å²) in [6.45, 7) is 1.78. The molecule has 0 saturated carbocycles. The molecule has 1 amide bonds. The Morgan fingerprint density at radius 3 is 0.943 bits per heavy atom. The van der Waals surface area contributed by atoms with Crippen LogP contribution in [-0.4, -0.2) is 193 Å². The maximum atomic E-state index is 13.5. The van der Waals surface area contributed by atoms with Gasteiger partial charge in [0.15, 0.2) is 18.9 Å². The van der Waals surface area contributed by atoms with Crippen LogP contribution < -0.4 is 5.32 Å². The molecule has 3 fully saturated rings. The van der Waals surface area contributed by atoms with Crippen LogP contribution in [-0.2, 0) is 33.2 Å². The van der Waals surface area contributed by atoms with E-state index in [-0.39, 0.29) is 18.9 Å². The van der Waals surface area contributed by atoms with Gasteiger partial charge in [-0.05, 0) is 32.1 Å². The summed E-state index contributed by atoms with van der Waals surface area (Å²) in [5.41, 5.74) is 0. The van der Waals surface area contributed by atoms with Crippen molar-refractivity contribution in [3.63, 3.8) is 0 Å². The van der Waals surface area contributed by atoms with Crippen molar-refractivity contribution in [1.82, 2.24) is 5.32 Å². The van der Waals surface area contributed by atoms with E-state index in [0.717, 1.165) is 38.5 Å². The summed E-state index contributed by atoms with van der Waals surface area (Å²) < 4.78 is 34.5. The molecule has 626 valence electrons. The van der Waals surface area contributed by atoms with Gasteiger partial charge in [-0.25, -0.2) is 0 Å². The van der Waals surface area contributed by atoms with Crippen molar-refractivity contribution >= 4 is 5.91 Å². The zero-order valence-electron chi connectivity index (χ0n) is 67.4. The minimum Gasteiger partial charge on any atom is -0.394 e. The highest BCUT2D eigenvalue weighted by Crippen LogP contribution is 2.34. The minimum atomic E-state index is -1.98. The van der Waals surface area contributed by atoms with Crippen molar-refractivity contribution in [3.8, 4) is 0 Å². The Balaban J connectivity index is 1.28. The number of unbranched alkanes of at least 4 members (excludes halogenated alkanes) is 55. The average Bonchev–Trinajstić information content (AvgIpc) is 0.781. The first kappa shape index (κ1) is 98.5. The molecule has 3 aliphatic rings. The maximum Gasteiger partial charge on any atom is 0.220 e. The maximum absolute atomic E-state index is 13.5. The van der Waals surface area contributed by atoms with Crippen LogP contribution in [0.5, 0.6) is 0 Å². The molecule has 106 heavy (non-hydrogen) atoms. The standard InChI is InChI=1S/C87H165NO18/c1-3-5-7-9-11-13-15-17-19-21-23-25-26-27-28-29-30-31-32-33-34-35-36-37-38-39-40-41-42-43-44-45-47-49-51-53-55-57-59-61-63-65-75(93)88-70(71(92)64-62-60-58-56-54-52-50-48-46-24-22-20-18-16-14-12-10-8-6-4-2)69-101-85-81(99)78(96)83(73(67-90)103-85)106-87-82(100)79(97)84(74(68-91)104-87)105-86-80(98)77(95)76(94)72(66-89)102-86/h54,56,62,64,70-74,76-87,89-92,94-100H,3-53,55,57-61,63,65-69H2,1-2H3,(H,88,93)/b56-54+,64-62+. The van der Waals surface area contributed by atoms with E-state index in [9.17, 15) is 61.0 Å². The molecular formula is C87H165NO18. The Morgan fingerprint density at radius 1 is 0.330 bits per heavy atom. The fraction of sp³-hybridized carbons (Fsp3) is 0.943. The SMILES string of the molecule is CCCCCCCCCCCCCCCC/C=C/CC/C=C/C(O)C(COC1OC(CO)C(OC2OC(CO)C(OC3OC(CO)C(O)C(O)C3O)C(O)C2O)C(O)C1O)NC(=O)CCCCCCCCCCCCCCCCCCCCCCCCCCCCCCCCCCCCCCCCCCC. The quantitative estimate of drug-likeness (QED) is 0.0199. The van der Waals surface area contributed by atoms with Crippen molar-refractivity contribution in [3.05, 3.63) is 24.3 Å². The van der Waals surface area contributed by atoms with E-state index >= 15 is 0 Å². The third kappa shape index (κ3) is 46.4. The van der Waals surface area contributed by atoms with Gasteiger partial charge in [-0.3, -0.25) is 4.79 Å². The van der Waals surface area contributed by atoms with Gasteiger partial charge < -0.3 is 89.9 Å². The summed E-state index contributed by atoms with van der Waals surface area (Å²) >= 11 is 0. The minimum absolute atomic E-state index is 0.241. The number of aliphatic hydroxyl groups excluding tert-OH is 11. The molecule has 19 nitrogen and oxygen atoms in total. The molecule has 0 aromatic heterocycles. The van der Waals surface area contributed by atoms with E-state index in [1.165, 1.54) is 321 Å². The van der Waals surface area contributed by atoms with Crippen LogP contribution in [0, 0.1) is 0 Å². The highest BCUT2D eigenvalue weighted by Gasteiger charge is 2.54. The van der Waals surface area contributed by atoms with Crippen molar-refractivity contribution in [1.29, 1.82) is 0 Å². The Bertz CT molecular complexity index is 2000. The van der Waals surface area contributed by atoms with Crippen LogP contribution >= 0.6 is 0 Å². The fourth-order valence-corrected chi connectivity index (χ4v) is 15.4. The van der Waals surface area contributed by atoms with Crippen LogP contribution in [0.3, 0.4) is 0 Å². The van der Waals surface area contributed by atoms with Gasteiger partial charge in [0.05, 0.1) is 38.6 Å². The number of carbonyl (C=O) groups excluding carboxylic acids is 1. The largest absolute Gasteiger partial charge is 0.394 e. The number of hydrogen-bond acceptors (Lipinski definition) is 18. The van der Waals surface area contributed by atoms with Crippen molar-refractivity contribution in [2.45, 2.75) is 497 Å². The monoisotopic (exact) mass is 1510 g/mol. The van der Waals surface area contributed by atoms with E-state index in [0.29, 0.717) is 12.8 Å². The summed E-state index contributed by atoms with van der Waals surface area (Å²) in [6, 6.07) is -0.988. The molecule has 3 rings (SSSR count). The van der Waals surface area contributed by atoms with Gasteiger partial charge in [-0.1, -0.05) is 378 Å². The summed E-state index contributed by atoms with van der Waals surface area (Å²) in [5, 5.41) is 121. The van der Waals surface area contributed by atoms with E-state index in [1.54, 1.807) is 6.08 Å². The predicted molar refractivity (Wildman–Crippen MR) is 425 cm³/mol. The first-order valence-corrected chi connectivity index (χ1v) is 44.6. The summed E-state index contributed by atoms with van der Waals surface area (Å²) in [5.74, 6) is -0.277. The van der Waals surface area contributed by atoms with Gasteiger partial charge in [0.2, 0.25) is 5.91 Å². The number of rotatable bonds is 73. The molecule has 3 aliphatic heterocycles. The molecule has 17 unspecified atom stereocenters. The van der Waals surface area contributed by atoms with Crippen LogP contribution in [0.4, 0.5) is 0 Å². The Hall–Kier alpha value is -1.73. The molecule has 3 saturated heterocycles. The smallest absolute Gasteiger partial charge is 0.220 e. The molecule has 0 radical (unpaired) electrons. The van der Waals surface area contributed by atoms with E-state index in [2.05, 4.69) is 31.3 Å². The molecule has 0 bridgehead atoms. The fourth-order valence-electron chi connectivity index (χ4n) is 15.4. The van der Waals surface area contributed by atoms with Gasteiger partial charge in [0.1, 0.15) is 73.2 Å². The zero-order valence-corrected chi connectivity index (χ0v) is 67.4. The van der Waals surface area contributed by atoms with Crippen molar-refractivity contribution in [2.75, 3.05) is 26.4 Å². The van der Waals surface area contributed by atoms with Crippen LogP contribution in [0.2, 0.25) is 0 Å². The highest BCUT2D eigenvalue weighted by atomic mass is 16.8. The topological polar surface area (TPSA) is 307 Å². The van der Waals surface area contributed by atoms with E-state index < -0.39 is 124 Å². The molecule has 0 spiro atoms. The number of amides is 1. The number of ether oxygens (including phenoxy) is 6. The number of hydrogen-bond donors (Lipinski definition) is 12. The second-order valence-corrected chi connectivity index (χ2v) is 32.1. The lowest BCUT2D eigenvalue weighted by Gasteiger charge is -2.48. The third-order valence-electron chi connectivity index (χ3n) is 22.5. The Morgan fingerprint density at radius 2 is 0.604 bits per heavy atom. The lowest BCUT2D eigenvalue weighted by molar-refractivity contribution is -0.379.